The molecule has 1 aliphatic rings. The van der Waals surface area contributed by atoms with Gasteiger partial charge in [-0.1, -0.05) is 26.7 Å². The maximum atomic E-state index is 5.72. The second kappa shape index (κ2) is 9.77. The Morgan fingerprint density at radius 3 is 2.24 bits per heavy atom. The van der Waals surface area contributed by atoms with E-state index >= 15 is 0 Å². The number of aliphatic imine (C=N–C) groups is 2. The van der Waals surface area contributed by atoms with Gasteiger partial charge in [-0.15, -0.1) is 0 Å². The topological polar surface area (TPSA) is 69.2 Å². The Labute approximate surface area is 129 Å². The number of nitrogens with two attached hydrogens (primary N) is 1. The summed E-state index contributed by atoms with van der Waals surface area (Å²) >= 11 is 0. The number of hydrogen-bond acceptors (Lipinski definition) is 5. The quantitative estimate of drug-likeness (QED) is 0.700. The van der Waals surface area contributed by atoms with Gasteiger partial charge in [0.25, 0.3) is 0 Å². The molecule has 0 aliphatic carbocycles. The first-order valence-electron chi connectivity index (χ1n) is 8.25. The summed E-state index contributed by atoms with van der Waals surface area (Å²) in [5.41, 5.74) is 5.54. The van der Waals surface area contributed by atoms with Crippen molar-refractivity contribution in [2.24, 2.45) is 21.6 Å². The molecule has 0 amide bonds. The summed E-state index contributed by atoms with van der Waals surface area (Å²) in [7, 11) is 0. The van der Waals surface area contributed by atoms with Crippen molar-refractivity contribution in [2.45, 2.75) is 65.5 Å². The van der Waals surface area contributed by atoms with E-state index < -0.39 is 0 Å². The van der Waals surface area contributed by atoms with Gasteiger partial charge in [-0.3, -0.25) is 0 Å². The third-order valence-corrected chi connectivity index (χ3v) is 3.49. The summed E-state index contributed by atoms with van der Waals surface area (Å²) in [6.45, 7) is 10.2. The number of unbranched alkanes of at least 4 members (excludes halogenated alkanes) is 2. The molecule has 0 fully saturated rings. The first kappa shape index (κ1) is 18.0. The summed E-state index contributed by atoms with van der Waals surface area (Å²) in [6, 6.07) is -0.0222. The lowest BCUT2D eigenvalue weighted by atomic mass is 10.0. The highest BCUT2D eigenvalue weighted by Crippen LogP contribution is 2.21. The molecule has 122 valence electrons. The highest BCUT2D eigenvalue weighted by atomic mass is 16.5. The highest BCUT2D eigenvalue weighted by Gasteiger charge is 2.31. The fraction of sp³-hybridized carbons (Fsp3) is 0.875. The molecule has 5 heteroatoms. The van der Waals surface area contributed by atoms with Crippen LogP contribution >= 0.6 is 0 Å². The zero-order valence-electron chi connectivity index (χ0n) is 14.0. The highest BCUT2D eigenvalue weighted by molar-refractivity contribution is 5.94. The first-order chi connectivity index (χ1) is 10.1. The van der Waals surface area contributed by atoms with Crippen LogP contribution in [0, 0.1) is 5.92 Å². The van der Waals surface area contributed by atoms with Crippen LogP contribution in [-0.4, -0.2) is 43.6 Å². The molecular weight excluding hydrogens is 266 g/mol. The van der Waals surface area contributed by atoms with E-state index in [1.54, 1.807) is 0 Å². The van der Waals surface area contributed by atoms with E-state index in [4.69, 9.17) is 25.2 Å². The van der Waals surface area contributed by atoms with Crippen molar-refractivity contribution in [1.82, 2.24) is 0 Å². The largest absolute Gasteiger partial charge is 0.480 e. The second-order valence-corrected chi connectivity index (χ2v) is 5.64. The summed E-state index contributed by atoms with van der Waals surface area (Å²) in [4.78, 5) is 9.54. The molecule has 1 aliphatic heterocycles. The molecule has 0 spiro atoms. The normalized spacial score (nSPS) is 22.0. The Morgan fingerprint density at radius 2 is 1.67 bits per heavy atom. The second-order valence-electron chi connectivity index (χ2n) is 5.64. The Bertz CT molecular complexity index is 353. The molecule has 1 rings (SSSR count). The van der Waals surface area contributed by atoms with Crippen molar-refractivity contribution in [3.63, 3.8) is 0 Å². The lowest BCUT2D eigenvalue weighted by Crippen LogP contribution is -2.38. The number of hydrogen-bond donors (Lipinski definition) is 1. The Balaban J connectivity index is 2.78. The standard InChI is InChI=1S/C16H31N3O2/c1-5-20-15-13(10-8-7-9-11-17)18-16(21-6-2)14(19-15)12(3)4/h12-14H,5-11,17H2,1-4H3. The van der Waals surface area contributed by atoms with Gasteiger partial charge in [-0.05, 0) is 39.2 Å². The third kappa shape index (κ3) is 5.65. The molecule has 0 radical (unpaired) electrons. The fourth-order valence-electron chi connectivity index (χ4n) is 2.40. The fourth-order valence-corrected chi connectivity index (χ4v) is 2.40. The molecule has 0 bridgehead atoms. The van der Waals surface area contributed by atoms with Gasteiger partial charge >= 0.3 is 0 Å². The van der Waals surface area contributed by atoms with Crippen LogP contribution in [-0.2, 0) is 9.47 Å². The van der Waals surface area contributed by atoms with Gasteiger partial charge < -0.3 is 15.2 Å². The Kier molecular flexibility index (Phi) is 8.35. The zero-order valence-corrected chi connectivity index (χ0v) is 14.0. The van der Waals surface area contributed by atoms with Gasteiger partial charge in [0.2, 0.25) is 11.8 Å². The van der Waals surface area contributed by atoms with E-state index in [2.05, 4.69) is 13.8 Å². The number of ether oxygens (including phenoxy) is 2. The van der Waals surface area contributed by atoms with Crippen LogP contribution in [0.25, 0.3) is 0 Å². The molecule has 0 aromatic rings. The van der Waals surface area contributed by atoms with E-state index in [9.17, 15) is 0 Å². The molecule has 1 heterocycles. The van der Waals surface area contributed by atoms with Gasteiger partial charge in [0, 0.05) is 0 Å². The van der Waals surface area contributed by atoms with Crippen molar-refractivity contribution in [1.29, 1.82) is 0 Å². The molecule has 5 nitrogen and oxygen atoms in total. The molecule has 2 N–H and O–H groups in total. The SMILES string of the molecule is CCOC1=NC(C(C)C)C(OCC)=NC1CCCCCN. The summed E-state index contributed by atoms with van der Waals surface area (Å²) in [5.74, 6) is 1.89. The monoisotopic (exact) mass is 297 g/mol. The van der Waals surface area contributed by atoms with Crippen LogP contribution in [0.5, 0.6) is 0 Å². The van der Waals surface area contributed by atoms with Gasteiger partial charge in [-0.2, -0.15) is 0 Å². The molecule has 0 saturated carbocycles. The van der Waals surface area contributed by atoms with E-state index in [0.29, 0.717) is 19.1 Å². The maximum Gasteiger partial charge on any atom is 0.210 e. The predicted octanol–water partition coefficient (Wildman–Crippen LogP) is 2.78. The smallest absolute Gasteiger partial charge is 0.210 e. The molecule has 0 saturated heterocycles. The minimum absolute atomic E-state index is 0.000672. The van der Waals surface area contributed by atoms with Crippen molar-refractivity contribution in [3.8, 4) is 0 Å². The van der Waals surface area contributed by atoms with E-state index in [1.807, 2.05) is 13.8 Å². The summed E-state index contributed by atoms with van der Waals surface area (Å²) < 4.78 is 11.4. The average molecular weight is 297 g/mol. The Hall–Kier alpha value is -1.10. The van der Waals surface area contributed by atoms with Crippen molar-refractivity contribution >= 4 is 11.8 Å². The van der Waals surface area contributed by atoms with E-state index in [-0.39, 0.29) is 12.1 Å². The lowest BCUT2D eigenvalue weighted by Gasteiger charge is -2.28. The lowest BCUT2D eigenvalue weighted by molar-refractivity contribution is 0.273. The van der Waals surface area contributed by atoms with Gasteiger partial charge in [0.1, 0.15) is 12.1 Å². The molecule has 21 heavy (non-hydrogen) atoms. The van der Waals surface area contributed by atoms with Crippen molar-refractivity contribution in [2.75, 3.05) is 19.8 Å². The van der Waals surface area contributed by atoms with E-state index in [1.165, 1.54) is 0 Å². The molecule has 2 unspecified atom stereocenters. The van der Waals surface area contributed by atoms with Crippen molar-refractivity contribution in [3.05, 3.63) is 0 Å². The summed E-state index contributed by atoms with van der Waals surface area (Å²) in [6.07, 6.45) is 4.22. The minimum atomic E-state index is -0.0215. The average Bonchev–Trinajstić information content (AvgIpc) is 2.46. The zero-order chi connectivity index (χ0) is 15.7. The number of nitrogens with zero attached hydrogens (tertiary/aromatic N) is 2. The third-order valence-electron chi connectivity index (χ3n) is 3.49. The molecule has 0 aromatic heterocycles. The van der Waals surface area contributed by atoms with Crippen LogP contribution in [0.1, 0.15) is 53.4 Å². The maximum absolute atomic E-state index is 5.72. The van der Waals surface area contributed by atoms with E-state index in [0.717, 1.165) is 44.0 Å². The van der Waals surface area contributed by atoms with Crippen LogP contribution < -0.4 is 5.73 Å². The minimum Gasteiger partial charge on any atom is -0.480 e. The van der Waals surface area contributed by atoms with Gasteiger partial charge in [-0.25, -0.2) is 9.98 Å². The van der Waals surface area contributed by atoms with Crippen LogP contribution in [0.4, 0.5) is 0 Å². The molecule has 2 atom stereocenters. The van der Waals surface area contributed by atoms with Crippen LogP contribution in [0.3, 0.4) is 0 Å². The van der Waals surface area contributed by atoms with Gasteiger partial charge in [0.05, 0.1) is 13.2 Å². The van der Waals surface area contributed by atoms with Gasteiger partial charge in [0.15, 0.2) is 0 Å². The number of rotatable bonds is 8. The van der Waals surface area contributed by atoms with Crippen LogP contribution in [0.15, 0.2) is 9.98 Å². The molecule has 0 aromatic carbocycles. The molecular formula is C16H31N3O2. The predicted molar refractivity (Wildman–Crippen MR) is 88.1 cm³/mol. The Morgan fingerprint density at radius 1 is 1.00 bits per heavy atom. The summed E-state index contributed by atoms with van der Waals surface area (Å²) in [5, 5.41) is 0. The van der Waals surface area contributed by atoms with Crippen LogP contribution in [0.2, 0.25) is 0 Å². The van der Waals surface area contributed by atoms with Crippen molar-refractivity contribution < 1.29 is 9.47 Å². The first-order valence-corrected chi connectivity index (χ1v) is 8.25.